The molecule has 0 radical (unpaired) electrons. The number of unbranched alkanes of at least 4 members (excludes halogenated alkanes) is 24. The molecule has 1 atom stereocenters. The van der Waals surface area contributed by atoms with E-state index in [-0.39, 0.29) is 31.1 Å². The molecule has 1 unspecified atom stereocenters. The molecule has 0 fully saturated rings. The largest absolute Gasteiger partial charge is 0.462 e. The maximum atomic E-state index is 12.6. The van der Waals surface area contributed by atoms with Crippen molar-refractivity contribution >= 4 is 17.9 Å². The lowest BCUT2D eigenvalue weighted by Crippen LogP contribution is -2.30. The van der Waals surface area contributed by atoms with E-state index in [9.17, 15) is 14.4 Å². The van der Waals surface area contributed by atoms with Gasteiger partial charge in [0.15, 0.2) is 6.10 Å². The lowest BCUT2D eigenvalue weighted by molar-refractivity contribution is -0.167. The van der Waals surface area contributed by atoms with Gasteiger partial charge in [0.2, 0.25) is 0 Å². The molecule has 0 aliphatic heterocycles. The highest BCUT2D eigenvalue weighted by molar-refractivity contribution is 5.71. The number of ether oxygens (including phenoxy) is 3. The summed E-state index contributed by atoms with van der Waals surface area (Å²) >= 11 is 0. The van der Waals surface area contributed by atoms with Crippen molar-refractivity contribution in [1.82, 2.24) is 0 Å². The lowest BCUT2D eigenvalue weighted by atomic mass is 10.0. The summed E-state index contributed by atoms with van der Waals surface area (Å²) in [5.74, 6) is -0.890. The Morgan fingerprint density at radius 1 is 0.318 bits per heavy atom. The van der Waals surface area contributed by atoms with Crippen LogP contribution >= 0.6 is 0 Å². The van der Waals surface area contributed by atoms with Gasteiger partial charge in [-0.25, -0.2) is 0 Å². The molecule has 0 aliphatic carbocycles. The summed E-state index contributed by atoms with van der Waals surface area (Å²) in [5.41, 5.74) is 0. The minimum Gasteiger partial charge on any atom is -0.462 e. The minimum absolute atomic E-state index is 0.0736. The topological polar surface area (TPSA) is 78.9 Å². The quantitative estimate of drug-likeness (QED) is 0.0262. The van der Waals surface area contributed by atoms with Crippen molar-refractivity contribution in [1.29, 1.82) is 0 Å². The zero-order valence-electron chi connectivity index (χ0n) is 43.2. The molecule has 0 N–H and O–H groups in total. The summed E-state index contributed by atoms with van der Waals surface area (Å²) in [5, 5.41) is 0. The zero-order valence-corrected chi connectivity index (χ0v) is 43.2. The fourth-order valence-electron chi connectivity index (χ4n) is 7.54. The van der Waals surface area contributed by atoms with E-state index in [1.165, 1.54) is 116 Å². The van der Waals surface area contributed by atoms with Crippen LogP contribution in [0.15, 0.2) is 85.1 Å². The van der Waals surface area contributed by atoms with Crippen LogP contribution in [-0.4, -0.2) is 37.2 Å². The fraction of sp³-hybridized carbons (Fsp3) is 0.717. The number of hydrogen-bond acceptors (Lipinski definition) is 6. The second-order valence-corrected chi connectivity index (χ2v) is 18.1. The van der Waals surface area contributed by atoms with Crippen molar-refractivity contribution in [2.75, 3.05) is 13.2 Å². The van der Waals surface area contributed by atoms with E-state index in [4.69, 9.17) is 14.2 Å². The molecule has 378 valence electrons. The Labute approximate surface area is 407 Å². The molecule has 0 aromatic carbocycles. The molecule has 0 saturated heterocycles. The molecular weight excluding hydrogens is 817 g/mol. The Morgan fingerprint density at radius 3 is 0.924 bits per heavy atom. The highest BCUT2D eigenvalue weighted by Crippen LogP contribution is 2.15. The van der Waals surface area contributed by atoms with Crippen LogP contribution in [0.25, 0.3) is 0 Å². The molecule has 6 heteroatoms. The third-order valence-corrected chi connectivity index (χ3v) is 11.7. The SMILES string of the molecule is CC/C=C\C/C=C\C/C=C\C/C=C\C/C=C\C/C=C\C/C=C\CCCCCCCCCCCCCCCC(=O)OCC(COC(=O)CCCCCCCC)OC(=O)CCCCCCCCC. The van der Waals surface area contributed by atoms with Crippen molar-refractivity contribution in [2.24, 2.45) is 0 Å². The third kappa shape index (κ3) is 51.6. The Balaban J connectivity index is 3.88. The minimum atomic E-state index is -0.766. The predicted molar refractivity (Wildman–Crippen MR) is 284 cm³/mol. The first-order valence-electron chi connectivity index (χ1n) is 27.6. The molecule has 0 amide bonds. The molecule has 0 aromatic rings. The molecule has 0 aliphatic rings. The Morgan fingerprint density at radius 2 is 0.591 bits per heavy atom. The predicted octanol–water partition coefficient (Wildman–Crippen LogP) is 18.4. The molecule has 0 spiro atoms. The second kappa shape index (κ2) is 54.2. The molecular formula is C60H102O6. The molecule has 66 heavy (non-hydrogen) atoms. The molecule has 0 aromatic heterocycles. The highest BCUT2D eigenvalue weighted by Gasteiger charge is 2.19. The first-order valence-corrected chi connectivity index (χ1v) is 27.6. The smallest absolute Gasteiger partial charge is 0.306 e. The van der Waals surface area contributed by atoms with Crippen molar-refractivity contribution in [3.05, 3.63) is 85.1 Å². The lowest BCUT2D eigenvalue weighted by Gasteiger charge is -2.18. The summed E-state index contributed by atoms with van der Waals surface area (Å²) < 4.78 is 16.6. The molecule has 0 rings (SSSR count). The van der Waals surface area contributed by atoms with Crippen molar-refractivity contribution in [3.8, 4) is 0 Å². The van der Waals surface area contributed by atoms with E-state index in [0.29, 0.717) is 19.3 Å². The van der Waals surface area contributed by atoms with Crippen LogP contribution in [-0.2, 0) is 28.6 Å². The van der Waals surface area contributed by atoms with Crippen LogP contribution in [0.4, 0.5) is 0 Å². The Kier molecular flexibility index (Phi) is 51.4. The number of esters is 3. The maximum Gasteiger partial charge on any atom is 0.306 e. The van der Waals surface area contributed by atoms with Gasteiger partial charge in [-0.3, -0.25) is 14.4 Å². The fourth-order valence-corrected chi connectivity index (χ4v) is 7.54. The first-order chi connectivity index (χ1) is 32.5. The average Bonchev–Trinajstić information content (AvgIpc) is 3.31. The summed E-state index contributed by atoms with van der Waals surface area (Å²) in [6, 6.07) is 0. The van der Waals surface area contributed by atoms with Crippen LogP contribution in [0, 0.1) is 0 Å². The van der Waals surface area contributed by atoms with E-state index in [2.05, 4.69) is 106 Å². The standard InChI is InChI=1S/C60H102O6/c1-4-7-10-13-16-17-18-19-20-21-22-23-24-25-26-27-28-29-30-31-32-33-34-35-36-37-38-39-40-41-42-43-45-47-50-53-59(62)65-56-57(55-64-58(61)52-49-46-15-12-9-6-3)66-60(63)54-51-48-44-14-11-8-5-2/h7,10,16-17,19-20,22-23,25-26,28-29,31-32,57H,4-6,8-9,11-15,18,21,24,27,30,33-56H2,1-3H3/b10-7-,17-16-,20-19-,23-22-,26-25-,29-28-,32-31-. The van der Waals surface area contributed by atoms with Crippen molar-refractivity contribution in [3.63, 3.8) is 0 Å². The summed E-state index contributed by atoms with van der Waals surface area (Å²) in [6.07, 6.45) is 70.7. The van der Waals surface area contributed by atoms with Gasteiger partial charge < -0.3 is 14.2 Å². The maximum absolute atomic E-state index is 12.6. The summed E-state index contributed by atoms with van der Waals surface area (Å²) in [4.78, 5) is 37.5. The number of rotatable bonds is 49. The molecule has 0 heterocycles. The van der Waals surface area contributed by atoms with Crippen LogP contribution in [0.5, 0.6) is 0 Å². The van der Waals surface area contributed by atoms with Crippen LogP contribution in [0.3, 0.4) is 0 Å². The van der Waals surface area contributed by atoms with Gasteiger partial charge in [0.1, 0.15) is 13.2 Å². The van der Waals surface area contributed by atoms with Crippen LogP contribution in [0.2, 0.25) is 0 Å². The molecule has 0 bridgehead atoms. The number of allylic oxidation sites excluding steroid dienone is 14. The van der Waals surface area contributed by atoms with Crippen LogP contribution < -0.4 is 0 Å². The van der Waals surface area contributed by atoms with Crippen LogP contribution in [0.1, 0.15) is 258 Å². The highest BCUT2D eigenvalue weighted by atomic mass is 16.6. The van der Waals surface area contributed by atoms with Gasteiger partial charge in [-0.1, -0.05) is 247 Å². The van der Waals surface area contributed by atoms with E-state index >= 15 is 0 Å². The molecule has 0 saturated carbocycles. The van der Waals surface area contributed by atoms with Gasteiger partial charge in [-0.15, -0.1) is 0 Å². The van der Waals surface area contributed by atoms with Gasteiger partial charge >= 0.3 is 17.9 Å². The number of carbonyl (C=O) groups excluding carboxylic acids is 3. The Hall–Kier alpha value is -3.41. The van der Waals surface area contributed by atoms with E-state index in [1.54, 1.807) is 0 Å². The van der Waals surface area contributed by atoms with E-state index < -0.39 is 6.10 Å². The zero-order chi connectivity index (χ0) is 47.9. The average molecular weight is 919 g/mol. The third-order valence-electron chi connectivity index (χ3n) is 11.7. The first kappa shape index (κ1) is 62.6. The number of carbonyl (C=O) groups is 3. The van der Waals surface area contributed by atoms with Crippen molar-refractivity contribution < 1.29 is 28.6 Å². The molecule has 6 nitrogen and oxygen atoms in total. The van der Waals surface area contributed by atoms with E-state index in [1.807, 2.05) is 0 Å². The number of hydrogen-bond donors (Lipinski definition) is 0. The normalized spacial score (nSPS) is 12.7. The van der Waals surface area contributed by atoms with Gasteiger partial charge in [0, 0.05) is 19.3 Å². The summed E-state index contributed by atoms with van der Waals surface area (Å²) in [6.45, 7) is 6.41. The van der Waals surface area contributed by atoms with Gasteiger partial charge in [0.05, 0.1) is 0 Å². The van der Waals surface area contributed by atoms with E-state index in [0.717, 1.165) is 103 Å². The monoisotopic (exact) mass is 919 g/mol. The second-order valence-electron chi connectivity index (χ2n) is 18.1. The van der Waals surface area contributed by atoms with Crippen molar-refractivity contribution in [2.45, 2.75) is 264 Å². The van der Waals surface area contributed by atoms with Gasteiger partial charge in [-0.2, -0.15) is 0 Å². The summed E-state index contributed by atoms with van der Waals surface area (Å²) in [7, 11) is 0. The van der Waals surface area contributed by atoms with Gasteiger partial charge in [0.25, 0.3) is 0 Å². The Bertz CT molecular complexity index is 1290. The van der Waals surface area contributed by atoms with Gasteiger partial charge in [-0.05, 0) is 77.0 Å².